The number of pyridine rings is 1. The quantitative estimate of drug-likeness (QED) is 0.555. The maximum Gasteiger partial charge on any atom is 0.212 e. The molecule has 1 aromatic heterocycles. The fourth-order valence-corrected chi connectivity index (χ4v) is 6.18. The number of hydrogen-bond acceptors (Lipinski definition) is 4. The lowest BCUT2D eigenvalue weighted by Gasteiger charge is -2.24. The van der Waals surface area contributed by atoms with E-state index in [4.69, 9.17) is 0 Å². The van der Waals surface area contributed by atoms with Gasteiger partial charge in [-0.3, -0.25) is 4.79 Å². The normalized spacial score (nSPS) is 15.2. The van der Waals surface area contributed by atoms with Gasteiger partial charge < -0.3 is 9.47 Å². The Kier molecular flexibility index (Phi) is 6.12. The highest BCUT2D eigenvalue weighted by Crippen LogP contribution is 2.29. The van der Waals surface area contributed by atoms with E-state index in [-0.39, 0.29) is 15.2 Å². The molecular weight excluding hydrogens is 427 g/mol. The average Bonchev–Trinajstić information content (AvgIpc) is 3.05. The molecule has 0 radical (unpaired) electrons. The Balaban J connectivity index is 1.94. The van der Waals surface area contributed by atoms with Crippen LogP contribution in [0.2, 0.25) is 0 Å². The van der Waals surface area contributed by atoms with Crippen LogP contribution in [0.5, 0.6) is 0 Å². The lowest BCUT2D eigenvalue weighted by Crippen LogP contribution is -2.26. The van der Waals surface area contributed by atoms with E-state index in [2.05, 4.69) is 0 Å². The van der Waals surface area contributed by atoms with E-state index in [1.54, 1.807) is 29.7 Å². The number of rotatable bonds is 4. The summed E-state index contributed by atoms with van der Waals surface area (Å²) >= 11 is 0. The lowest BCUT2D eigenvalue weighted by atomic mass is 10.1. The minimum absolute atomic E-state index is 0.0919. The van der Waals surface area contributed by atoms with Gasteiger partial charge in [-0.05, 0) is 62.9 Å². The molecule has 0 aliphatic carbocycles. The zero-order valence-corrected chi connectivity index (χ0v) is 19.6. The highest BCUT2D eigenvalue weighted by molar-refractivity contribution is 7.91. The van der Waals surface area contributed by atoms with E-state index < -0.39 is 21.1 Å². The van der Waals surface area contributed by atoms with Crippen molar-refractivity contribution in [3.63, 3.8) is 0 Å². The first kappa shape index (κ1) is 22.5. The summed E-state index contributed by atoms with van der Waals surface area (Å²) in [5, 5.41) is 0.0919. The van der Waals surface area contributed by atoms with Crippen molar-refractivity contribution in [2.75, 3.05) is 18.0 Å². The molecule has 0 amide bonds. The molecule has 0 unspecified atom stereocenters. The molecule has 1 aliphatic rings. The van der Waals surface area contributed by atoms with Gasteiger partial charge in [0.05, 0.1) is 21.5 Å². The molecule has 1 aliphatic heterocycles. The van der Waals surface area contributed by atoms with E-state index in [9.17, 15) is 13.2 Å². The van der Waals surface area contributed by atoms with Crippen molar-refractivity contribution < 1.29 is 12.8 Å². The summed E-state index contributed by atoms with van der Waals surface area (Å²) < 4.78 is 43.8. The van der Waals surface area contributed by atoms with Crippen molar-refractivity contribution in [3.05, 3.63) is 63.7 Å². The minimum atomic E-state index is -4.06. The average molecular weight is 457 g/mol. The van der Waals surface area contributed by atoms with Gasteiger partial charge >= 0.3 is 0 Å². The van der Waals surface area contributed by atoms with Gasteiger partial charge in [-0.15, -0.1) is 0 Å². The first-order chi connectivity index (χ1) is 15.2. The van der Waals surface area contributed by atoms with Crippen molar-refractivity contribution in [2.24, 2.45) is 0 Å². The van der Waals surface area contributed by atoms with Crippen molar-refractivity contribution in [1.29, 1.82) is 0 Å². The highest BCUT2D eigenvalue weighted by Gasteiger charge is 2.26. The van der Waals surface area contributed by atoms with Crippen LogP contribution in [-0.2, 0) is 16.4 Å². The topological polar surface area (TPSA) is 59.4 Å². The number of sulfone groups is 1. The molecule has 2 aromatic carbocycles. The second-order valence-corrected chi connectivity index (χ2v) is 10.5. The molecule has 32 heavy (non-hydrogen) atoms. The third-order valence-electron chi connectivity index (χ3n) is 6.33. The standard InChI is InChI=1S/C25H29FN2O3S/c1-4-27-16-24(32(30,31)23-13-17(2)9-10-18(23)3)25(29)19-14-20(26)22(15-21(19)27)28-11-7-5-6-8-12-28/h9-10,13-16H,4-8,11-12H2,1-3H3. The fraction of sp³-hybridized carbons (Fsp3) is 0.400. The molecule has 2 heterocycles. The van der Waals surface area contributed by atoms with Gasteiger partial charge in [-0.1, -0.05) is 25.0 Å². The van der Waals surface area contributed by atoms with E-state index in [1.807, 2.05) is 24.8 Å². The van der Waals surface area contributed by atoms with Crippen LogP contribution in [0.15, 0.2) is 51.1 Å². The Morgan fingerprint density at radius 1 is 0.969 bits per heavy atom. The van der Waals surface area contributed by atoms with Crippen molar-refractivity contribution >= 4 is 26.4 Å². The predicted molar refractivity (Wildman–Crippen MR) is 126 cm³/mol. The largest absolute Gasteiger partial charge is 0.369 e. The first-order valence-corrected chi connectivity index (χ1v) is 12.7. The number of hydrogen-bond donors (Lipinski definition) is 0. The number of halogens is 1. The molecule has 7 heteroatoms. The van der Waals surface area contributed by atoms with E-state index in [1.165, 1.54) is 12.3 Å². The van der Waals surface area contributed by atoms with E-state index >= 15 is 4.39 Å². The summed E-state index contributed by atoms with van der Waals surface area (Å²) in [7, 11) is -4.06. The summed E-state index contributed by atoms with van der Waals surface area (Å²) in [5.41, 5.74) is 1.73. The monoisotopic (exact) mass is 456 g/mol. The SMILES string of the molecule is CCn1cc(S(=O)(=O)c2cc(C)ccc2C)c(=O)c2cc(F)c(N3CCCCCC3)cc21. The number of aryl methyl sites for hydroxylation is 3. The molecule has 1 fully saturated rings. The number of nitrogens with zero attached hydrogens (tertiary/aromatic N) is 2. The number of benzene rings is 2. The third kappa shape index (κ3) is 3.94. The van der Waals surface area contributed by atoms with Crippen LogP contribution in [0, 0.1) is 19.7 Å². The van der Waals surface area contributed by atoms with Crippen molar-refractivity contribution in [2.45, 2.75) is 62.8 Å². The zero-order chi connectivity index (χ0) is 23.0. The predicted octanol–water partition coefficient (Wildman–Crippen LogP) is 4.99. The maximum absolute atomic E-state index is 15.2. The zero-order valence-electron chi connectivity index (χ0n) is 18.8. The fourth-order valence-electron chi connectivity index (χ4n) is 4.49. The van der Waals surface area contributed by atoms with Gasteiger partial charge in [0.25, 0.3) is 0 Å². The number of aromatic nitrogens is 1. The van der Waals surface area contributed by atoms with Gasteiger partial charge in [0.2, 0.25) is 15.3 Å². The van der Waals surface area contributed by atoms with E-state index in [0.29, 0.717) is 23.3 Å². The Morgan fingerprint density at radius 3 is 2.31 bits per heavy atom. The smallest absolute Gasteiger partial charge is 0.212 e. The Bertz CT molecular complexity index is 1340. The Hall–Kier alpha value is -2.67. The second kappa shape index (κ2) is 8.70. The van der Waals surface area contributed by atoms with Crippen LogP contribution in [-0.4, -0.2) is 26.1 Å². The van der Waals surface area contributed by atoms with E-state index in [0.717, 1.165) is 44.3 Å². The molecule has 0 saturated carbocycles. The second-order valence-electron chi connectivity index (χ2n) is 8.60. The molecule has 0 atom stereocenters. The van der Waals surface area contributed by atoms with Crippen LogP contribution < -0.4 is 10.3 Å². The maximum atomic E-state index is 15.2. The Labute approximate surface area is 188 Å². The molecular formula is C25H29FN2O3S. The van der Waals surface area contributed by atoms with Gasteiger partial charge in [0, 0.05) is 25.8 Å². The summed E-state index contributed by atoms with van der Waals surface area (Å²) in [4.78, 5) is 15.2. The number of fused-ring (bicyclic) bond motifs is 1. The molecule has 1 saturated heterocycles. The molecule has 170 valence electrons. The molecule has 0 spiro atoms. The van der Waals surface area contributed by atoms with Crippen LogP contribution in [0.4, 0.5) is 10.1 Å². The van der Waals surface area contributed by atoms with Crippen LogP contribution >= 0.6 is 0 Å². The Morgan fingerprint density at radius 2 is 1.66 bits per heavy atom. The lowest BCUT2D eigenvalue weighted by molar-refractivity contribution is 0.592. The molecule has 3 aromatic rings. The third-order valence-corrected chi connectivity index (χ3v) is 8.21. The number of anilines is 1. The van der Waals surface area contributed by atoms with Crippen molar-refractivity contribution in [1.82, 2.24) is 4.57 Å². The van der Waals surface area contributed by atoms with Gasteiger partial charge in [0.15, 0.2) is 0 Å². The van der Waals surface area contributed by atoms with Crippen LogP contribution in [0.25, 0.3) is 10.9 Å². The van der Waals surface area contributed by atoms with Crippen LogP contribution in [0.1, 0.15) is 43.7 Å². The van der Waals surface area contributed by atoms with Gasteiger partial charge in [-0.25, -0.2) is 12.8 Å². The molecule has 5 nitrogen and oxygen atoms in total. The van der Waals surface area contributed by atoms with Gasteiger partial charge in [0.1, 0.15) is 10.7 Å². The van der Waals surface area contributed by atoms with Crippen molar-refractivity contribution in [3.8, 4) is 0 Å². The molecule has 0 N–H and O–H groups in total. The highest BCUT2D eigenvalue weighted by atomic mass is 32.2. The van der Waals surface area contributed by atoms with Gasteiger partial charge in [-0.2, -0.15) is 0 Å². The first-order valence-electron chi connectivity index (χ1n) is 11.2. The minimum Gasteiger partial charge on any atom is -0.369 e. The molecule has 4 rings (SSSR count). The molecule has 0 bridgehead atoms. The summed E-state index contributed by atoms with van der Waals surface area (Å²) in [6, 6.07) is 8.06. The summed E-state index contributed by atoms with van der Waals surface area (Å²) in [6.45, 7) is 7.40. The summed E-state index contributed by atoms with van der Waals surface area (Å²) in [6.07, 6.45) is 5.68. The summed E-state index contributed by atoms with van der Waals surface area (Å²) in [5.74, 6) is -0.486. The van der Waals surface area contributed by atoms with Crippen LogP contribution in [0.3, 0.4) is 0 Å².